The number of aryl methyl sites for hydroxylation is 3. The van der Waals surface area contributed by atoms with E-state index in [9.17, 15) is 4.79 Å². The van der Waals surface area contributed by atoms with Gasteiger partial charge in [-0.2, -0.15) is 0 Å². The van der Waals surface area contributed by atoms with Crippen LogP contribution in [-0.2, 0) is 19.3 Å². The van der Waals surface area contributed by atoms with Gasteiger partial charge in [0.05, 0.1) is 6.04 Å². The van der Waals surface area contributed by atoms with E-state index in [4.69, 9.17) is 0 Å². The number of carbonyl (C=O) groups is 1. The Morgan fingerprint density at radius 3 is 2.47 bits per heavy atom. The first kappa shape index (κ1) is 19.4. The molecule has 1 aromatic heterocycles. The second kappa shape index (κ2) is 7.92. The van der Waals surface area contributed by atoms with Gasteiger partial charge in [-0.15, -0.1) is 11.3 Å². The Morgan fingerprint density at radius 1 is 0.967 bits per heavy atom. The van der Waals surface area contributed by atoms with Crippen LogP contribution in [0.4, 0.5) is 10.5 Å². The van der Waals surface area contributed by atoms with E-state index >= 15 is 0 Å². The van der Waals surface area contributed by atoms with Crippen molar-refractivity contribution in [1.29, 1.82) is 0 Å². The molecular weight excluding hydrogens is 388 g/mol. The number of hydrogen-bond acceptors (Lipinski definition) is 2. The highest BCUT2D eigenvalue weighted by Crippen LogP contribution is 2.45. The lowest BCUT2D eigenvalue weighted by molar-refractivity contribution is 0.195. The molecule has 4 heteroatoms. The molecule has 2 amide bonds. The second-order valence-electron chi connectivity index (χ2n) is 8.62. The fraction of sp³-hybridized carbons (Fsp3) is 0.346. The number of hydrogen-bond donors (Lipinski definition) is 1. The Kier molecular flexibility index (Phi) is 5.11. The van der Waals surface area contributed by atoms with Crippen molar-refractivity contribution in [2.75, 3.05) is 11.9 Å². The van der Waals surface area contributed by atoms with Gasteiger partial charge in [0.1, 0.15) is 0 Å². The van der Waals surface area contributed by atoms with Crippen molar-refractivity contribution in [3.63, 3.8) is 0 Å². The minimum atomic E-state index is -0.00845. The van der Waals surface area contributed by atoms with Gasteiger partial charge < -0.3 is 10.2 Å². The summed E-state index contributed by atoms with van der Waals surface area (Å²) in [5, 5.41) is 3.18. The zero-order valence-corrected chi connectivity index (χ0v) is 18.5. The van der Waals surface area contributed by atoms with Crippen LogP contribution < -0.4 is 5.32 Å². The third-order valence-corrected chi connectivity index (χ3v) is 7.71. The molecule has 0 bridgehead atoms. The highest BCUT2D eigenvalue weighted by Gasteiger charge is 2.36. The first-order valence-electron chi connectivity index (χ1n) is 10.9. The number of rotatable bonds is 2. The number of thiophene rings is 1. The van der Waals surface area contributed by atoms with E-state index in [1.54, 1.807) is 10.4 Å². The van der Waals surface area contributed by atoms with Crippen LogP contribution in [0.1, 0.15) is 56.5 Å². The SMILES string of the molecule is Cc1cc(C)cc(NC(=O)N2CCc3c(sc4c3CCCC4)[C@@H]2c2ccccc2)c1. The van der Waals surface area contributed by atoms with Gasteiger partial charge in [0.2, 0.25) is 0 Å². The minimum absolute atomic E-state index is 0.00328. The lowest BCUT2D eigenvalue weighted by atomic mass is 9.88. The largest absolute Gasteiger partial charge is 0.322 e. The second-order valence-corrected chi connectivity index (χ2v) is 9.75. The molecule has 30 heavy (non-hydrogen) atoms. The number of nitrogens with one attached hydrogen (secondary N) is 1. The van der Waals surface area contributed by atoms with Crippen LogP contribution >= 0.6 is 11.3 Å². The fourth-order valence-electron chi connectivity index (χ4n) is 5.08. The maximum Gasteiger partial charge on any atom is 0.322 e. The molecule has 1 N–H and O–H groups in total. The predicted octanol–water partition coefficient (Wildman–Crippen LogP) is 6.42. The third-order valence-electron chi connectivity index (χ3n) is 6.32. The molecule has 0 saturated carbocycles. The summed E-state index contributed by atoms with van der Waals surface area (Å²) in [5.41, 5.74) is 7.53. The lowest BCUT2D eigenvalue weighted by Gasteiger charge is -2.36. The van der Waals surface area contributed by atoms with E-state index < -0.39 is 0 Å². The number of anilines is 1. The Hall–Kier alpha value is -2.59. The topological polar surface area (TPSA) is 32.3 Å². The smallest absolute Gasteiger partial charge is 0.312 e. The number of fused-ring (bicyclic) bond motifs is 3. The molecular formula is C26H28N2OS. The van der Waals surface area contributed by atoms with Crippen molar-refractivity contribution in [3.05, 3.63) is 86.1 Å². The Morgan fingerprint density at radius 2 is 1.70 bits per heavy atom. The summed E-state index contributed by atoms with van der Waals surface area (Å²) in [5.74, 6) is 0. The van der Waals surface area contributed by atoms with Gasteiger partial charge in [-0.05, 0) is 85.9 Å². The summed E-state index contributed by atoms with van der Waals surface area (Å²) < 4.78 is 0. The van der Waals surface area contributed by atoms with Gasteiger partial charge in [0.15, 0.2) is 0 Å². The number of amides is 2. The van der Waals surface area contributed by atoms with Crippen molar-refractivity contribution in [3.8, 4) is 0 Å². The van der Waals surface area contributed by atoms with E-state index in [1.165, 1.54) is 41.7 Å². The first-order chi connectivity index (χ1) is 14.6. The number of nitrogens with zero attached hydrogens (tertiary/aromatic N) is 1. The molecule has 2 heterocycles. The maximum atomic E-state index is 13.4. The molecule has 154 valence electrons. The van der Waals surface area contributed by atoms with Crippen LogP contribution in [0.3, 0.4) is 0 Å². The Balaban J connectivity index is 1.52. The van der Waals surface area contributed by atoms with E-state index in [0.29, 0.717) is 0 Å². The van der Waals surface area contributed by atoms with Gasteiger partial charge in [-0.3, -0.25) is 0 Å². The van der Waals surface area contributed by atoms with Crippen molar-refractivity contribution in [2.24, 2.45) is 0 Å². The molecule has 2 aliphatic rings. The van der Waals surface area contributed by atoms with Gasteiger partial charge in [0, 0.05) is 22.0 Å². The zero-order valence-electron chi connectivity index (χ0n) is 17.7. The summed E-state index contributed by atoms with van der Waals surface area (Å²) >= 11 is 1.95. The van der Waals surface area contributed by atoms with Crippen LogP contribution in [0.25, 0.3) is 0 Å². The van der Waals surface area contributed by atoms with Gasteiger partial charge >= 0.3 is 6.03 Å². The van der Waals surface area contributed by atoms with E-state index in [-0.39, 0.29) is 12.1 Å². The molecule has 0 radical (unpaired) electrons. The molecule has 2 aromatic carbocycles. The minimum Gasteiger partial charge on any atom is -0.312 e. The summed E-state index contributed by atoms with van der Waals surface area (Å²) in [6.45, 7) is 4.89. The van der Waals surface area contributed by atoms with E-state index in [0.717, 1.165) is 29.8 Å². The summed E-state index contributed by atoms with van der Waals surface area (Å²) in [6.07, 6.45) is 5.95. The highest BCUT2D eigenvalue weighted by atomic mass is 32.1. The fourth-order valence-corrected chi connectivity index (χ4v) is 6.66. The third kappa shape index (κ3) is 3.54. The van der Waals surface area contributed by atoms with Crippen LogP contribution in [0.5, 0.6) is 0 Å². The average Bonchev–Trinajstić information content (AvgIpc) is 3.11. The standard InChI is InChI=1S/C26H28N2OS/c1-17-14-18(2)16-20(15-17)27-26(29)28-13-12-22-21-10-6-7-11-23(21)30-25(22)24(28)19-8-4-3-5-9-19/h3-5,8-9,14-16,24H,6-7,10-13H2,1-2H3,(H,27,29)/t24-/m0/s1. The van der Waals surface area contributed by atoms with Crippen LogP contribution in [0.2, 0.25) is 0 Å². The summed E-state index contributed by atoms with van der Waals surface area (Å²) in [4.78, 5) is 18.4. The quantitative estimate of drug-likeness (QED) is 0.513. The van der Waals surface area contributed by atoms with Crippen molar-refractivity contribution < 1.29 is 4.79 Å². The zero-order chi connectivity index (χ0) is 20.7. The maximum absolute atomic E-state index is 13.4. The first-order valence-corrected chi connectivity index (χ1v) is 11.8. The average molecular weight is 417 g/mol. The summed E-state index contributed by atoms with van der Waals surface area (Å²) in [7, 11) is 0. The lowest BCUT2D eigenvalue weighted by Crippen LogP contribution is -2.42. The number of benzene rings is 2. The molecule has 3 aromatic rings. The van der Waals surface area contributed by atoms with Gasteiger partial charge in [-0.1, -0.05) is 36.4 Å². The van der Waals surface area contributed by atoms with Crippen LogP contribution in [0, 0.1) is 13.8 Å². The molecule has 0 unspecified atom stereocenters. The molecule has 1 aliphatic carbocycles. The highest BCUT2D eigenvalue weighted by molar-refractivity contribution is 7.12. The van der Waals surface area contributed by atoms with E-state index in [1.807, 2.05) is 34.4 Å². The normalized spacial score (nSPS) is 17.9. The van der Waals surface area contributed by atoms with Crippen molar-refractivity contribution in [1.82, 2.24) is 4.90 Å². The molecule has 0 fully saturated rings. The van der Waals surface area contributed by atoms with Crippen LogP contribution in [0.15, 0.2) is 48.5 Å². The molecule has 3 nitrogen and oxygen atoms in total. The van der Waals surface area contributed by atoms with Crippen molar-refractivity contribution in [2.45, 2.75) is 52.0 Å². The van der Waals surface area contributed by atoms with Gasteiger partial charge in [-0.25, -0.2) is 4.79 Å². The molecule has 5 rings (SSSR count). The molecule has 0 saturated heterocycles. The summed E-state index contributed by atoms with van der Waals surface area (Å²) in [6, 6.07) is 16.7. The molecule has 0 spiro atoms. The number of urea groups is 1. The molecule has 1 aliphatic heterocycles. The van der Waals surface area contributed by atoms with Crippen molar-refractivity contribution >= 4 is 23.1 Å². The number of carbonyl (C=O) groups excluding carboxylic acids is 1. The van der Waals surface area contributed by atoms with Crippen LogP contribution in [-0.4, -0.2) is 17.5 Å². The Labute approximate surface area is 182 Å². The van der Waals surface area contributed by atoms with Gasteiger partial charge in [0.25, 0.3) is 0 Å². The molecule has 1 atom stereocenters. The predicted molar refractivity (Wildman–Crippen MR) is 125 cm³/mol. The van der Waals surface area contributed by atoms with E-state index in [2.05, 4.69) is 49.5 Å². The monoisotopic (exact) mass is 416 g/mol. The Bertz CT molecular complexity index is 1070.